The van der Waals surface area contributed by atoms with Crippen LogP contribution in [0.15, 0.2) is 0 Å². The summed E-state index contributed by atoms with van der Waals surface area (Å²) in [6, 6.07) is 0.725. The molecule has 1 saturated carbocycles. The average Bonchev–Trinajstić information content (AvgIpc) is 3.00. The van der Waals surface area contributed by atoms with Gasteiger partial charge in [0.2, 0.25) is 0 Å². The Hall–Kier alpha value is -0.120. The fourth-order valence-electron chi connectivity index (χ4n) is 2.09. The van der Waals surface area contributed by atoms with Gasteiger partial charge in [-0.2, -0.15) is 0 Å². The molecule has 15 heavy (non-hydrogen) atoms. The largest absolute Gasteiger partial charge is 0.395 e. The SMILES string of the molecule is CC(C)C(C)N(C)C(CO)C(N)C1CC1. The topological polar surface area (TPSA) is 49.5 Å². The van der Waals surface area contributed by atoms with Gasteiger partial charge in [-0.1, -0.05) is 13.8 Å². The Morgan fingerprint density at radius 1 is 1.33 bits per heavy atom. The summed E-state index contributed by atoms with van der Waals surface area (Å²) in [5.41, 5.74) is 6.17. The van der Waals surface area contributed by atoms with Crippen molar-refractivity contribution in [3.05, 3.63) is 0 Å². The van der Waals surface area contributed by atoms with Crippen LogP contribution in [0.2, 0.25) is 0 Å². The molecule has 3 nitrogen and oxygen atoms in total. The Bertz CT molecular complexity index is 192. The molecule has 3 unspecified atom stereocenters. The lowest BCUT2D eigenvalue weighted by atomic mass is 9.98. The fourth-order valence-corrected chi connectivity index (χ4v) is 2.09. The highest BCUT2D eigenvalue weighted by molar-refractivity contribution is 4.93. The second-order valence-corrected chi connectivity index (χ2v) is 5.31. The van der Waals surface area contributed by atoms with Crippen molar-refractivity contribution in [3.8, 4) is 0 Å². The van der Waals surface area contributed by atoms with Crippen LogP contribution in [0.3, 0.4) is 0 Å². The standard InChI is InChI=1S/C12H26N2O/c1-8(2)9(3)14(4)11(7-15)12(13)10-5-6-10/h8-12,15H,5-7,13H2,1-4H3. The van der Waals surface area contributed by atoms with Crippen LogP contribution < -0.4 is 5.73 Å². The first kappa shape index (κ1) is 12.9. The molecule has 0 aliphatic heterocycles. The zero-order chi connectivity index (χ0) is 11.6. The average molecular weight is 214 g/mol. The minimum absolute atomic E-state index is 0.120. The van der Waals surface area contributed by atoms with E-state index in [2.05, 4.69) is 32.7 Å². The molecule has 0 bridgehead atoms. The van der Waals surface area contributed by atoms with E-state index in [1.54, 1.807) is 0 Å². The van der Waals surface area contributed by atoms with Crippen molar-refractivity contribution in [1.29, 1.82) is 0 Å². The molecular weight excluding hydrogens is 188 g/mol. The smallest absolute Gasteiger partial charge is 0.0602 e. The van der Waals surface area contributed by atoms with Crippen molar-refractivity contribution in [2.45, 2.75) is 51.7 Å². The summed E-state index contributed by atoms with van der Waals surface area (Å²) in [6.45, 7) is 6.79. The molecule has 0 saturated heterocycles. The number of aliphatic hydroxyl groups excluding tert-OH is 1. The van der Waals surface area contributed by atoms with Crippen LogP contribution in [0, 0.1) is 11.8 Å². The maximum atomic E-state index is 9.45. The molecule has 0 heterocycles. The second kappa shape index (κ2) is 5.28. The third-order valence-electron chi connectivity index (χ3n) is 3.93. The van der Waals surface area contributed by atoms with Gasteiger partial charge in [0.15, 0.2) is 0 Å². The third kappa shape index (κ3) is 3.16. The molecule has 0 amide bonds. The maximum absolute atomic E-state index is 9.45. The normalized spacial score (nSPS) is 23.2. The highest BCUT2D eigenvalue weighted by atomic mass is 16.3. The van der Waals surface area contributed by atoms with E-state index in [0.29, 0.717) is 17.9 Å². The fraction of sp³-hybridized carbons (Fsp3) is 1.00. The molecule has 3 heteroatoms. The van der Waals surface area contributed by atoms with E-state index >= 15 is 0 Å². The van der Waals surface area contributed by atoms with Crippen LogP contribution in [0.1, 0.15) is 33.6 Å². The Kier molecular flexibility index (Phi) is 4.56. The first-order valence-corrected chi connectivity index (χ1v) is 6.07. The van der Waals surface area contributed by atoms with E-state index in [9.17, 15) is 5.11 Å². The van der Waals surface area contributed by atoms with E-state index < -0.39 is 0 Å². The number of rotatable bonds is 6. The molecule has 1 aliphatic rings. The minimum Gasteiger partial charge on any atom is -0.395 e. The third-order valence-corrected chi connectivity index (χ3v) is 3.93. The molecule has 1 fully saturated rings. The molecular formula is C12H26N2O. The molecule has 0 spiro atoms. The molecule has 1 aliphatic carbocycles. The Morgan fingerprint density at radius 3 is 2.20 bits per heavy atom. The van der Waals surface area contributed by atoms with Gasteiger partial charge in [-0.25, -0.2) is 0 Å². The van der Waals surface area contributed by atoms with Crippen LogP contribution in [-0.4, -0.2) is 41.8 Å². The lowest BCUT2D eigenvalue weighted by Crippen LogP contribution is -2.53. The van der Waals surface area contributed by atoms with Gasteiger partial charge in [0.25, 0.3) is 0 Å². The number of hydrogen-bond acceptors (Lipinski definition) is 3. The molecule has 1 rings (SSSR count). The number of aliphatic hydroxyl groups is 1. The monoisotopic (exact) mass is 214 g/mol. The van der Waals surface area contributed by atoms with Crippen molar-refractivity contribution >= 4 is 0 Å². The number of nitrogens with zero attached hydrogens (tertiary/aromatic N) is 1. The van der Waals surface area contributed by atoms with Crippen molar-refractivity contribution in [2.75, 3.05) is 13.7 Å². The highest BCUT2D eigenvalue weighted by Crippen LogP contribution is 2.34. The number of likely N-dealkylation sites (N-methyl/N-ethyl adjacent to an activating group) is 1. The predicted molar refractivity (Wildman–Crippen MR) is 63.6 cm³/mol. The number of nitrogens with two attached hydrogens (primary N) is 1. The van der Waals surface area contributed by atoms with E-state index in [1.165, 1.54) is 12.8 Å². The summed E-state index contributed by atoms with van der Waals surface area (Å²) in [6.07, 6.45) is 2.48. The first-order valence-electron chi connectivity index (χ1n) is 6.07. The van der Waals surface area contributed by atoms with Crippen molar-refractivity contribution in [2.24, 2.45) is 17.6 Å². The molecule has 0 radical (unpaired) electrons. The zero-order valence-corrected chi connectivity index (χ0v) is 10.5. The van der Waals surface area contributed by atoms with Gasteiger partial charge in [0, 0.05) is 18.1 Å². The summed E-state index contributed by atoms with van der Waals surface area (Å²) in [5.74, 6) is 1.24. The molecule has 0 aromatic carbocycles. The highest BCUT2D eigenvalue weighted by Gasteiger charge is 2.36. The molecule has 0 aromatic rings. The van der Waals surface area contributed by atoms with Crippen molar-refractivity contribution in [1.82, 2.24) is 4.90 Å². The maximum Gasteiger partial charge on any atom is 0.0602 e. The van der Waals surface area contributed by atoms with Gasteiger partial charge in [-0.3, -0.25) is 4.90 Å². The molecule has 0 aromatic heterocycles. The van der Waals surface area contributed by atoms with Gasteiger partial charge in [-0.15, -0.1) is 0 Å². The van der Waals surface area contributed by atoms with Crippen LogP contribution in [0.4, 0.5) is 0 Å². The van der Waals surface area contributed by atoms with Gasteiger partial charge in [0.05, 0.1) is 6.61 Å². The van der Waals surface area contributed by atoms with Crippen LogP contribution in [-0.2, 0) is 0 Å². The van der Waals surface area contributed by atoms with Crippen molar-refractivity contribution < 1.29 is 5.11 Å². The number of hydrogen-bond donors (Lipinski definition) is 2. The summed E-state index contributed by atoms with van der Waals surface area (Å²) < 4.78 is 0. The Labute approximate surface area is 93.6 Å². The molecule has 3 atom stereocenters. The van der Waals surface area contributed by atoms with E-state index in [4.69, 9.17) is 5.73 Å². The summed E-state index contributed by atoms with van der Waals surface area (Å²) in [5, 5.41) is 9.45. The van der Waals surface area contributed by atoms with E-state index in [0.717, 1.165) is 0 Å². The van der Waals surface area contributed by atoms with Crippen LogP contribution >= 0.6 is 0 Å². The lowest BCUT2D eigenvalue weighted by Gasteiger charge is -2.37. The van der Waals surface area contributed by atoms with Crippen LogP contribution in [0.25, 0.3) is 0 Å². The first-order chi connectivity index (χ1) is 6.99. The van der Waals surface area contributed by atoms with Gasteiger partial charge in [0.1, 0.15) is 0 Å². The second-order valence-electron chi connectivity index (χ2n) is 5.31. The Balaban J connectivity index is 2.55. The Morgan fingerprint density at radius 2 is 1.87 bits per heavy atom. The molecule has 90 valence electrons. The van der Waals surface area contributed by atoms with Gasteiger partial charge in [-0.05, 0) is 38.6 Å². The summed E-state index contributed by atoms with van der Waals surface area (Å²) >= 11 is 0. The van der Waals surface area contributed by atoms with Gasteiger partial charge < -0.3 is 10.8 Å². The van der Waals surface area contributed by atoms with Crippen LogP contribution in [0.5, 0.6) is 0 Å². The van der Waals surface area contributed by atoms with E-state index in [1.807, 2.05) is 0 Å². The van der Waals surface area contributed by atoms with E-state index in [-0.39, 0.29) is 18.7 Å². The summed E-state index contributed by atoms with van der Waals surface area (Å²) in [4.78, 5) is 2.24. The van der Waals surface area contributed by atoms with Gasteiger partial charge >= 0.3 is 0 Å². The zero-order valence-electron chi connectivity index (χ0n) is 10.5. The minimum atomic E-state index is 0.120. The lowest BCUT2D eigenvalue weighted by molar-refractivity contribution is 0.0743. The van der Waals surface area contributed by atoms with Crippen molar-refractivity contribution in [3.63, 3.8) is 0 Å². The predicted octanol–water partition coefficient (Wildman–Crippen LogP) is 1.06. The summed E-state index contributed by atoms with van der Waals surface area (Å²) in [7, 11) is 2.08. The molecule has 3 N–H and O–H groups in total. The quantitative estimate of drug-likeness (QED) is 0.695.